The van der Waals surface area contributed by atoms with E-state index in [1.807, 2.05) is 0 Å². The third kappa shape index (κ3) is 1.78. The van der Waals surface area contributed by atoms with Crippen molar-refractivity contribution in [2.75, 3.05) is 7.11 Å². The zero-order valence-corrected chi connectivity index (χ0v) is 10.3. The first-order valence-corrected chi connectivity index (χ1v) is 5.84. The van der Waals surface area contributed by atoms with Crippen molar-refractivity contribution < 1.29 is 4.74 Å². The maximum Gasteiger partial charge on any atom is 0.256 e. The number of fused-ring (bicyclic) bond motifs is 2. The highest BCUT2D eigenvalue weighted by atomic mass is 16.5. The molecule has 0 aliphatic carbocycles. The number of hydrogen-bond donors (Lipinski definition) is 1. The first kappa shape index (κ1) is 11.5. The van der Waals surface area contributed by atoms with Crippen LogP contribution in [0.15, 0.2) is 52.1 Å². The van der Waals surface area contributed by atoms with Crippen LogP contribution in [0.4, 0.5) is 0 Å². The van der Waals surface area contributed by atoms with Crippen molar-refractivity contribution >= 4 is 21.7 Å². The van der Waals surface area contributed by atoms with E-state index in [0.29, 0.717) is 27.4 Å². The van der Waals surface area contributed by atoms with Gasteiger partial charge >= 0.3 is 0 Å². The summed E-state index contributed by atoms with van der Waals surface area (Å²) in [4.78, 5) is 27.3. The standard InChI is InChI=1S/C15H11NO3/c1-19-9-6-7-10-12(8-9)14(17)11-4-2-3-5-13(11)16-15(10)18/h2-8H,1H3,(H,16,18). The van der Waals surface area contributed by atoms with Crippen LogP contribution >= 0.6 is 0 Å². The molecule has 4 heteroatoms. The third-order valence-electron chi connectivity index (χ3n) is 3.14. The van der Waals surface area contributed by atoms with Crippen molar-refractivity contribution in [3.05, 3.63) is 63.0 Å². The Labute approximate surface area is 108 Å². The number of ether oxygens (including phenoxy) is 1. The number of rotatable bonds is 1. The van der Waals surface area contributed by atoms with E-state index < -0.39 is 0 Å². The second-order valence-electron chi connectivity index (χ2n) is 4.24. The van der Waals surface area contributed by atoms with E-state index in [-0.39, 0.29) is 11.0 Å². The van der Waals surface area contributed by atoms with Crippen LogP contribution in [0.3, 0.4) is 0 Å². The molecule has 2 aromatic carbocycles. The Hall–Kier alpha value is -2.62. The summed E-state index contributed by atoms with van der Waals surface area (Å²) in [7, 11) is 1.52. The molecule has 0 atom stereocenters. The average molecular weight is 253 g/mol. The van der Waals surface area contributed by atoms with Crippen molar-refractivity contribution in [1.82, 2.24) is 4.98 Å². The van der Waals surface area contributed by atoms with Crippen molar-refractivity contribution in [1.29, 1.82) is 0 Å². The molecule has 1 aromatic heterocycles. The van der Waals surface area contributed by atoms with Crippen LogP contribution in [0, 0.1) is 0 Å². The molecule has 0 radical (unpaired) electrons. The summed E-state index contributed by atoms with van der Waals surface area (Å²) < 4.78 is 5.11. The van der Waals surface area contributed by atoms with Crippen molar-refractivity contribution in [2.45, 2.75) is 0 Å². The van der Waals surface area contributed by atoms with E-state index >= 15 is 0 Å². The van der Waals surface area contributed by atoms with Crippen LogP contribution in [-0.2, 0) is 0 Å². The third-order valence-corrected chi connectivity index (χ3v) is 3.14. The van der Waals surface area contributed by atoms with Gasteiger partial charge in [-0.3, -0.25) is 9.59 Å². The highest BCUT2D eigenvalue weighted by Gasteiger charge is 2.06. The Morgan fingerprint density at radius 3 is 2.53 bits per heavy atom. The number of H-pyrrole nitrogens is 1. The van der Waals surface area contributed by atoms with E-state index in [4.69, 9.17) is 4.74 Å². The fourth-order valence-corrected chi connectivity index (χ4v) is 2.16. The molecule has 0 spiro atoms. The Morgan fingerprint density at radius 2 is 1.74 bits per heavy atom. The molecule has 0 saturated heterocycles. The highest BCUT2D eigenvalue weighted by molar-refractivity contribution is 5.91. The summed E-state index contributed by atoms with van der Waals surface area (Å²) in [6.07, 6.45) is 0. The van der Waals surface area contributed by atoms with Crippen LogP contribution in [0.2, 0.25) is 0 Å². The molecular formula is C15H11NO3. The SMILES string of the molecule is COc1ccc2c(=O)[nH]c3ccccc3c(=O)c2c1. The zero-order chi connectivity index (χ0) is 13.4. The van der Waals surface area contributed by atoms with Crippen LogP contribution in [0.25, 0.3) is 21.7 Å². The second-order valence-corrected chi connectivity index (χ2v) is 4.24. The first-order chi connectivity index (χ1) is 9.20. The van der Waals surface area contributed by atoms with E-state index in [1.165, 1.54) is 7.11 Å². The highest BCUT2D eigenvalue weighted by Crippen LogP contribution is 2.16. The lowest BCUT2D eigenvalue weighted by Crippen LogP contribution is -2.03. The summed E-state index contributed by atoms with van der Waals surface area (Å²) >= 11 is 0. The summed E-state index contributed by atoms with van der Waals surface area (Å²) in [6, 6.07) is 11.8. The lowest BCUT2D eigenvalue weighted by atomic mass is 10.1. The summed E-state index contributed by atoms with van der Waals surface area (Å²) in [5.41, 5.74) is 0.0754. The minimum absolute atomic E-state index is 0.178. The molecule has 0 fully saturated rings. The fourth-order valence-electron chi connectivity index (χ4n) is 2.16. The maximum atomic E-state index is 12.5. The molecule has 94 valence electrons. The number of aromatic nitrogens is 1. The average Bonchev–Trinajstić information content (AvgIpc) is 2.55. The molecule has 1 N–H and O–H groups in total. The smallest absolute Gasteiger partial charge is 0.256 e. The van der Waals surface area contributed by atoms with Gasteiger partial charge in [-0.2, -0.15) is 0 Å². The number of nitrogens with one attached hydrogen (secondary N) is 1. The van der Waals surface area contributed by atoms with E-state index in [9.17, 15) is 9.59 Å². The Bertz CT molecular complexity index is 897. The lowest BCUT2D eigenvalue weighted by molar-refractivity contribution is 0.415. The van der Waals surface area contributed by atoms with E-state index in [2.05, 4.69) is 4.98 Å². The van der Waals surface area contributed by atoms with Gasteiger partial charge in [0.25, 0.3) is 5.56 Å². The van der Waals surface area contributed by atoms with Crippen molar-refractivity contribution in [3.63, 3.8) is 0 Å². The van der Waals surface area contributed by atoms with E-state index in [1.54, 1.807) is 42.5 Å². The fraction of sp³-hybridized carbons (Fsp3) is 0.0667. The van der Waals surface area contributed by atoms with Crippen molar-refractivity contribution in [3.8, 4) is 5.75 Å². The van der Waals surface area contributed by atoms with Crippen LogP contribution in [0.1, 0.15) is 0 Å². The number of methoxy groups -OCH3 is 1. The number of aromatic amines is 1. The lowest BCUT2D eigenvalue weighted by Gasteiger charge is -1.98. The molecule has 19 heavy (non-hydrogen) atoms. The minimum Gasteiger partial charge on any atom is -0.497 e. The maximum absolute atomic E-state index is 12.5. The number of para-hydroxylation sites is 1. The predicted molar refractivity (Wildman–Crippen MR) is 74.9 cm³/mol. The van der Waals surface area contributed by atoms with Gasteiger partial charge in [-0.05, 0) is 30.3 Å². The largest absolute Gasteiger partial charge is 0.497 e. The summed E-state index contributed by atoms with van der Waals surface area (Å²) in [6.45, 7) is 0. The first-order valence-electron chi connectivity index (χ1n) is 5.84. The van der Waals surface area contributed by atoms with Crippen LogP contribution < -0.4 is 15.7 Å². The van der Waals surface area contributed by atoms with Gasteiger partial charge in [-0.15, -0.1) is 0 Å². The molecule has 0 bridgehead atoms. The molecule has 3 aromatic rings. The summed E-state index contributed by atoms with van der Waals surface area (Å²) in [5.74, 6) is 0.555. The molecular weight excluding hydrogens is 242 g/mol. The van der Waals surface area contributed by atoms with Gasteiger partial charge < -0.3 is 9.72 Å². The molecule has 3 rings (SSSR count). The minimum atomic E-state index is -0.282. The Balaban J connectivity index is 2.66. The van der Waals surface area contributed by atoms with Gasteiger partial charge in [0.2, 0.25) is 0 Å². The molecule has 0 amide bonds. The molecule has 0 aliphatic rings. The van der Waals surface area contributed by atoms with Gasteiger partial charge in [-0.1, -0.05) is 12.1 Å². The summed E-state index contributed by atoms with van der Waals surface area (Å²) in [5, 5.41) is 1.21. The Morgan fingerprint density at radius 1 is 0.947 bits per heavy atom. The van der Waals surface area contributed by atoms with Crippen LogP contribution in [0.5, 0.6) is 5.75 Å². The number of benzene rings is 2. The quantitative estimate of drug-likeness (QED) is 0.722. The zero-order valence-electron chi connectivity index (χ0n) is 10.3. The van der Waals surface area contributed by atoms with Gasteiger partial charge in [0.1, 0.15) is 5.75 Å². The molecule has 0 saturated carbocycles. The number of hydrogen-bond acceptors (Lipinski definition) is 3. The van der Waals surface area contributed by atoms with Gasteiger partial charge in [-0.25, -0.2) is 0 Å². The molecule has 1 heterocycles. The predicted octanol–water partition coefficient (Wildman–Crippen LogP) is 2.05. The van der Waals surface area contributed by atoms with Crippen molar-refractivity contribution in [2.24, 2.45) is 0 Å². The molecule has 0 unspecified atom stereocenters. The second kappa shape index (κ2) is 4.24. The van der Waals surface area contributed by atoms with Gasteiger partial charge in [0.05, 0.1) is 18.0 Å². The Kier molecular flexibility index (Phi) is 2.56. The van der Waals surface area contributed by atoms with Crippen LogP contribution in [-0.4, -0.2) is 12.1 Å². The normalized spacial score (nSPS) is 10.8. The van der Waals surface area contributed by atoms with Gasteiger partial charge in [0.15, 0.2) is 5.43 Å². The molecule has 4 nitrogen and oxygen atoms in total. The topological polar surface area (TPSA) is 59.2 Å². The molecule has 0 aliphatic heterocycles. The van der Waals surface area contributed by atoms with Gasteiger partial charge in [0, 0.05) is 10.8 Å². The van der Waals surface area contributed by atoms with E-state index in [0.717, 1.165) is 0 Å². The monoisotopic (exact) mass is 253 g/mol.